The third-order valence-corrected chi connectivity index (χ3v) is 7.36. The lowest BCUT2D eigenvalue weighted by Crippen LogP contribution is -2.23. The summed E-state index contributed by atoms with van der Waals surface area (Å²) in [5.41, 5.74) is 0. The van der Waals surface area contributed by atoms with Gasteiger partial charge in [0.05, 0.1) is 0 Å². The normalized spacial score (nSPS) is 11.2. The fourth-order valence-corrected chi connectivity index (χ4v) is 4.94. The van der Waals surface area contributed by atoms with E-state index in [1.807, 2.05) is 0 Å². The van der Waals surface area contributed by atoms with Crippen molar-refractivity contribution in [2.45, 2.75) is 194 Å². The number of rotatable bonds is 29. The Kier molecular flexibility index (Phi) is 30.0. The molecule has 1 N–H and O–H groups in total. The Morgan fingerprint density at radius 1 is 0.382 bits per heavy atom. The minimum Gasteiger partial charge on any atom is -0.356 e. The van der Waals surface area contributed by atoms with Crippen LogP contribution < -0.4 is 5.32 Å². The number of amides is 1. The molecular formula is C32H65NO. The maximum absolute atomic E-state index is 11.9. The van der Waals surface area contributed by atoms with Crippen LogP contribution in [0.1, 0.15) is 194 Å². The van der Waals surface area contributed by atoms with Crippen LogP contribution in [0.3, 0.4) is 0 Å². The van der Waals surface area contributed by atoms with Gasteiger partial charge in [0.15, 0.2) is 0 Å². The molecule has 0 aliphatic carbocycles. The number of unbranched alkanes of at least 4 members (excludes halogenated alkanes) is 25. The van der Waals surface area contributed by atoms with Crippen molar-refractivity contribution in [2.24, 2.45) is 0 Å². The summed E-state index contributed by atoms with van der Waals surface area (Å²) in [5.74, 6) is 0.273. The van der Waals surface area contributed by atoms with Gasteiger partial charge >= 0.3 is 0 Å². The van der Waals surface area contributed by atoms with E-state index in [0.29, 0.717) is 0 Å². The first-order valence-electron chi connectivity index (χ1n) is 16.1. The van der Waals surface area contributed by atoms with E-state index in [1.54, 1.807) is 0 Å². The van der Waals surface area contributed by atoms with Crippen molar-refractivity contribution in [3.05, 3.63) is 0 Å². The van der Waals surface area contributed by atoms with Crippen molar-refractivity contribution in [3.63, 3.8) is 0 Å². The van der Waals surface area contributed by atoms with Crippen LogP contribution >= 0.6 is 0 Å². The number of carbonyl (C=O) groups is 1. The van der Waals surface area contributed by atoms with E-state index in [-0.39, 0.29) is 5.91 Å². The van der Waals surface area contributed by atoms with Crippen LogP contribution in [0.5, 0.6) is 0 Å². The van der Waals surface area contributed by atoms with Gasteiger partial charge in [0.1, 0.15) is 0 Å². The first kappa shape index (κ1) is 33.5. The predicted octanol–water partition coefficient (Wildman–Crippen LogP) is 11.1. The van der Waals surface area contributed by atoms with E-state index >= 15 is 0 Å². The quantitative estimate of drug-likeness (QED) is 0.106. The molecule has 2 heteroatoms. The lowest BCUT2D eigenvalue weighted by atomic mass is 10.0. The van der Waals surface area contributed by atoms with Crippen molar-refractivity contribution in [3.8, 4) is 0 Å². The Morgan fingerprint density at radius 2 is 0.647 bits per heavy atom. The first-order chi connectivity index (χ1) is 16.8. The molecule has 0 aromatic heterocycles. The molecule has 0 unspecified atom stereocenters. The zero-order chi connectivity index (χ0) is 24.8. The molecule has 1 amide bonds. The van der Waals surface area contributed by atoms with Crippen molar-refractivity contribution in [1.29, 1.82) is 0 Å². The van der Waals surface area contributed by atoms with Gasteiger partial charge in [-0.2, -0.15) is 0 Å². The van der Waals surface area contributed by atoms with Crippen molar-refractivity contribution in [2.75, 3.05) is 6.54 Å². The van der Waals surface area contributed by atoms with E-state index in [2.05, 4.69) is 19.2 Å². The van der Waals surface area contributed by atoms with Crippen LogP contribution in [0.25, 0.3) is 0 Å². The molecule has 0 aliphatic rings. The molecule has 0 fully saturated rings. The Hall–Kier alpha value is -0.530. The summed E-state index contributed by atoms with van der Waals surface area (Å²) in [4.78, 5) is 11.9. The number of hydrogen-bond donors (Lipinski definition) is 1. The molecule has 0 spiro atoms. The smallest absolute Gasteiger partial charge is 0.219 e. The van der Waals surface area contributed by atoms with Crippen LogP contribution in [0, 0.1) is 0 Å². The minimum absolute atomic E-state index is 0.273. The number of hydrogen-bond acceptors (Lipinski definition) is 1. The van der Waals surface area contributed by atoms with E-state index in [0.717, 1.165) is 25.8 Å². The van der Waals surface area contributed by atoms with Gasteiger partial charge < -0.3 is 5.32 Å². The molecule has 0 bridgehead atoms. The van der Waals surface area contributed by atoms with Gasteiger partial charge in [-0.05, 0) is 12.8 Å². The molecule has 0 heterocycles. The Labute approximate surface area is 216 Å². The largest absolute Gasteiger partial charge is 0.356 e. The summed E-state index contributed by atoms with van der Waals surface area (Å²) >= 11 is 0. The fraction of sp³-hybridized carbons (Fsp3) is 0.969. The second-order valence-corrected chi connectivity index (χ2v) is 10.9. The van der Waals surface area contributed by atoms with Gasteiger partial charge in [0.2, 0.25) is 5.91 Å². The highest BCUT2D eigenvalue weighted by Gasteiger charge is 2.01. The molecule has 0 saturated carbocycles. The summed E-state index contributed by atoms with van der Waals surface area (Å²) < 4.78 is 0. The lowest BCUT2D eigenvalue weighted by molar-refractivity contribution is -0.121. The van der Waals surface area contributed by atoms with Gasteiger partial charge in [-0.15, -0.1) is 0 Å². The lowest BCUT2D eigenvalue weighted by Gasteiger charge is -2.06. The second kappa shape index (κ2) is 30.5. The zero-order valence-corrected chi connectivity index (χ0v) is 23.9. The Bertz CT molecular complexity index is 381. The van der Waals surface area contributed by atoms with Crippen LogP contribution in [0.2, 0.25) is 0 Å². The fourth-order valence-electron chi connectivity index (χ4n) is 4.94. The average Bonchev–Trinajstić information content (AvgIpc) is 2.84. The van der Waals surface area contributed by atoms with Crippen molar-refractivity contribution >= 4 is 5.91 Å². The molecule has 0 aromatic rings. The first-order valence-corrected chi connectivity index (χ1v) is 16.1. The van der Waals surface area contributed by atoms with E-state index < -0.39 is 0 Å². The maximum Gasteiger partial charge on any atom is 0.219 e. The highest BCUT2D eigenvalue weighted by Crippen LogP contribution is 2.15. The van der Waals surface area contributed by atoms with Crippen LogP contribution in [0.4, 0.5) is 0 Å². The van der Waals surface area contributed by atoms with Gasteiger partial charge in [0, 0.05) is 13.0 Å². The monoisotopic (exact) mass is 480 g/mol. The van der Waals surface area contributed by atoms with Gasteiger partial charge in [-0.25, -0.2) is 0 Å². The molecule has 0 radical (unpaired) electrons. The molecule has 0 atom stereocenters. The molecule has 0 rings (SSSR count). The SMILES string of the molecule is CCCCCCCCCCCCCCCCCCCCCC(=O)NCCCCCCCCCC. The maximum atomic E-state index is 11.9. The molecule has 0 aliphatic heterocycles. The Morgan fingerprint density at radius 3 is 0.971 bits per heavy atom. The molecule has 2 nitrogen and oxygen atoms in total. The van der Waals surface area contributed by atoms with Crippen molar-refractivity contribution in [1.82, 2.24) is 5.32 Å². The highest BCUT2D eigenvalue weighted by molar-refractivity contribution is 5.75. The average molecular weight is 480 g/mol. The molecule has 0 aromatic carbocycles. The summed E-state index contributed by atoms with van der Waals surface area (Å²) in [6.07, 6.45) is 37.9. The van der Waals surface area contributed by atoms with Crippen LogP contribution in [-0.2, 0) is 4.79 Å². The number of carbonyl (C=O) groups excluding carboxylic acids is 1. The summed E-state index contributed by atoms with van der Waals surface area (Å²) in [6, 6.07) is 0. The van der Waals surface area contributed by atoms with Crippen LogP contribution in [0.15, 0.2) is 0 Å². The van der Waals surface area contributed by atoms with Gasteiger partial charge in [-0.1, -0.05) is 174 Å². The standard InChI is InChI=1S/C32H65NO/c1-3-5-7-9-11-13-14-15-16-17-18-19-20-21-22-23-24-26-28-30-32(34)33-31-29-27-25-12-10-8-6-4-2/h3-31H2,1-2H3,(H,33,34). The number of nitrogens with one attached hydrogen (secondary N) is 1. The molecular weight excluding hydrogens is 414 g/mol. The third kappa shape index (κ3) is 29.5. The topological polar surface area (TPSA) is 29.1 Å². The summed E-state index contributed by atoms with van der Waals surface area (Å²) in [5, 5.41) is 3.11. The third-order valence-electron chi connectivity index (χ3n) is 7.36. The summed E-state index contributed by atoms with van der Waals surface area (Å²) in [7, 11) is 0. The van der Waals surface area contributed by atoms with E-state index in [1.165, 1.54) is 161 Å². The zero-order valence-electron chi connectivity index (χ0n) is 23.9. The molecule has 0 saturated heterocycles. The van der Waals surface area contributed by atoms with Gasteiger partial charge in [0.25, 0.3) is 0 Å². The predicted molar refractivity (Wildman–Crippen MR) is 154 cm³/mol. The Balaban J connectivity index is 3.12. The van der Waals surface area contributed by atoms with Crippen LogP contribution in [-0.4, -0.2) is 12.5 Å². The van der Waals surface area contributed by atoms with Crippen molar-refractivity contribution < 1.29 is 4.79 Å². The second-order valence-electron chi connectivity index (χ2n) is 10.9. The van der Waals surface area contributed by atoms with E-state index in [4.69, 9.17) is 0 Å². The minimum atomic E-state index is 0.273. The van der Waals surface area contributed by atoms with E-state index in [9.17, 15) is 4.79 Å². The van der Waals surface area contributed by atoms with Gasteiger partial charge in [-0.3, -0.25) is 4.79 Å². The highest BCUT2D eigenvalue weighted by atomic mass is 16.1. The molecule has 34 heavy (non-hydrogen) atoms. The summed E-state index contributed by atoms with van der Waals surface area (Å²) in [6.45, 7) is 5.45. The molecule has 204 valence electrons.